The number of hydrogen-bond donors (Lipinski definition) is 0. The first-order valence-corrected chi connectivity index (χ1v) is 12.4. The summed E-state index contributed by atoms with van der Waals surface area (Å²) >= 11 is 6.26. The van der Waals surface area contributed by atoms with Gasteiger partial charge in [-0.1, -0.05) is 49.7 Å². The topological polar surface area (TPSA) is 69.6 Å². The largest absolute Gasteiger partial charge is 0.352 e. The predicted octanol–water partition coefficient (Wildman–Crippen LogP) is 4.38. The summed E-state index contributed by atoms with van der Waals surface area (Å²) in [5.74, 6) is -0.0415. The minimum Gasteiger partial charge on any atom is -0.352 e. The van der Waals surface area contributed by atoms with Crippen LogP contribution in [-0.2, 0) is 4.79 Å². The van der Waals surface area contributed by atoms with Gasteiger partial charge in [-0.3, -0.25) is 9.59 Å². The summed E-state index contributed by atoms with van der Waals surface area (Å²) in [7, 11) is 0. The summed E-state index contributed by atoms with van der Waals surface area (Å²) < 4.78 is 13.6. The van der Waals surface area contributed by atoms with Crippen molar-refractivity contribution in [3.05, 3.63) is 77.1 Å². The van der Waals surface area contributed by atoms with Gasteiger partial charge in [0.15, 0.2) is 5.82 Å². The molecule has 1 fully saturated rings. The summed E-state index contributed by atoms with van der Waals surface area (Å²) in [5, 5.41) is 9.32. The van der Waals surface area contributed by atoms with Crippen LogP contribution in [0.5, 0.6) is 0 Å². The van der Waals surface area contributed by atoms with Crippen LogP contribution in [0.1, 0.15) is 24.2 Å². The monoisotopic (exact) mass is 509 g/mol. The first-order chi connectivity index (χ1) is 17.3. The molecular weight excluding hydrogens is 481 g/mol. The maximum atomic E-state index is 13.6. The summed E-state index contributed by atoms with van der Waals surface area (Å²) in [6, 6.07) is 16.9. The van der Waals surface area contributed by atoms with E-state index >= 15 is 0 Å². The molecule has 1 saturated heterocycles. The van der Waals surface area contributed by atoms with Gasteiger partial charge in [0, 0.05) is 43.9 Å². The van der Waals surface area contributed by atoms with E-state index < -0.39 is 5.82 Å². The molecule has 1 aliphatic heterocycles. The molecule has 7 nitrogen and oxygen atoms in total. The maximum Gasteiger partial charge on any atom is 0.254 e. The lowest BCUT2D eigenvalue weighted by Crippen LogP contribution is -2.52. The zero-order valence-corrected chi connectivity index (χ0v) is 21.2. The molecule has 0 N–H and O–H groups in total. The van der Waals surface area contributed by atoms with Crippen molar-refractivity contribution in [3.63, 3.8) is 0 Å². The van der Waals surface area contributed by atoms with E-state index in [-0.39, 0.29) is 29.8 Å². The number of hydrogen-bond acceptors (Lipinski definition) is 5. The summed E-state index contributed by atoms with van der Waals surface area (Å²) in [4.78, 5) is 31.4. The van der Waals surface area contributed by atoms with Crippen molar-refractivity contribution in [1.29, 1.82) is 0 Å². The summed E-state index contributed by atoms with van der Waals surface area (Å²) in [5.41, 5.74) is 1.77. The van der Waals surface area contributed by atoms with E-state index in [1.54, 1.807) is 11.0 Å². The number of rotatable bonds is 7. The van der Waals surface area contributed by atoms with Crippen LogP contribution in [-0.4, -0.2) is 71.1 Å². The number of amides is 2. The number of benzene rings is 2. The summed E-state index contributed by atoms with van der Waals surface area (Å²) in [6.45, 7) is 6.56. The Labute approximate surface area is 215 Å². The van der Waals surface area contributed by atoms with E-state index in [9.17, 15) is 14.0 Å². The molecule has 1 aliphatic rings. The lowest BCUT2D eigenvalue weighted by molar-refractivity contribution is -0.132. The fraction of sp³-hybridized carbons (Fsp3) is 0.333. The van der Waals surface area contributed by atoms with Crippen molar-refractivity contribution >= 4 is 29.2 Å². The van der Waals surface area contributed by atoms with Crippen LogP contribution in [0.2, 0.25) is 5.02 Å². The SMILES string of the molecule is CC(C)CN(CC(=O)N1CCN(c2ccc(-c3ccccc3Cl)nn2)CC1)C(=O)c1cccc(F)c1. The fourth-order valence-corrected chi connectivity index (χ4v) is 4.45. The van der Waals surface area contributed by atoms with Crippen LogP contribution >= 0.6 is 11.6 Å². The van der Waals surface area contributed by atoms with Crippen LogP contribution in [0.3, 0.4) is 0 Å². The molecule has 1 aromatic heterocycles. The molecule has 9 heteroatoms. The van der Waals surface area contributed by atoms with Crippen LogP contribution in [0.15, 0.2) is 60.7 Å². The Morgan fingerprint density at radius 2 is 1.75 bits per heavy atom. The molecule has 0 aliphatic carbocycles. The van der Waals surface area contributed by atoms with E-state index in [2.05, 4.69) is 15.1 Å². The van der Waals surface area contributed by atoms with Gasteiger partial charge in [-0.15, -0.1) is 10.2 Å². The molecule has 0 radical (unpaired) electrons. The third kappa shape index (κ3) is 6.18. The first kappa shape index (κ1) is 25.6. The lowest BCUT2D eigenvalue weighted by atomic mass is 10.1. The average Bonchev–Trinajstić information content (AvgIpc) is 2.88. The third-order valence-corrected chi connectivity index (χ3v) is 6.36. The molecule has 0 unspecified atom stereocenters. The van der Waals surface area contributed by atoms with Gasteiger partial charge in [0.25, 0.3) is 5.91 Å². The number of nitrogens with zero attached hydrogens (tertiary/aromatic N) is 5. The predicted molar refractivity (Wildman–Crippen MR) is 138 cm³/mol. The van der Waals surface area contributed by atoms with E-state index in [1.165, 1.54) is 23.1 Å². The van der Waals surface area contributed by atoms with Crippen molar-refractivity contribution < 1.29 is 14.0 Å². The quantitative estimate of drug-likeness (QED) is 0.472. The van der Waals surface area contributed by atoms with Gasteiger partial charge in [-0.25, -0.2) is 4.39 Å². The van der Waals surface area contributed by atoms with E-state index in [1.807, 2.05) is 50.2 Å². The van der Waals surface area contributed by atoms with Crippen LogP contribution < -0.4 is 4.90 Å². The second kappa shape index (κ2) is 11.5. The molecule has 0 atom stereocenters. The highest BCUT2D eigenvalue weighted by molar-refractivity contribution is 6.33. The molecule has 0 saturated carbocycles. The molecule has 2 heterocycles. The summed E-state index contributed by atoms with van der Waals surface area (Å²) in [6.07, 6.45) is 0. The van der Waals surface area contributed by atoms with Gasteiger partial charge in [0.1, 0.15) is 12.4 Å². The Kier molecular flexibility index (Phi) is 8.15. The molecule has 4 rings (SSSR count). The number of aromatic nitrogens is 2. The fourth-order valence-electron chi connectivity index (χ4n) is 4.22. The highest BCUT2D eigenvalue weighted by atomic mass is 35.5. The molecule has 0 spiro atoms. The second-order valence-corrected chi connectivity index (χ2v) is 9.62. The van der Waals surface area contributed by atoms with Crippen molar-refractivity contribution in [1.82, 2.24) is 20.0 Å². The Morgan fingerprint density at radius 3 is 2.39 bits per heavy atom. The maximum absolute atomic E-state index is 13.6. The molecule has 2 amide bonds. The highest BCUT2D eigenvalue weighted by Crippen LogP contribution is 2.26. The second-order valence-electron chi connectivity index (χ2n) is 9.21. The molecule has 2 aromatic carbocycles. The van der Waals surface area contributed by atoms with Crippen molar-refractivity contribution in [2.24, 2.45) is 5.92 Å². The molecule has 3 aromatic rings. The lowest BCUT2D eigenvalue weighted by Gasteiger charge is -2.36. The van der Waals surface area contributed by atoms with Gasteiger partial charge in [-0.2, -0.15) is 0 Å². The standard InChI is InChI=1S/C27H29ClFN5O2/c1-19(2)17-34(27(36)20-6-5-7-21(29)16-20)18-26(35)33-14-12-32(13-15-33)25-11-10-24(30-31-25)22-8-3-4-9-23(22)28/h3-11,16,19H,12-15,17-18H2,1-2H3. The van der Waals surface area contributed by atoms with Crippen LogP contribution in [0.4, 0.5) is 10.2 Å². The molecule has 188 valence electrons. The van der Waals surface area contributed by atoms with Gasteiger partial charge in [-0.05, 0) is 42.3 Å². The number of carbonyl (C=O) groups is 2. The Morgan fingerprint density at radius 1 is 1.00 bits per heavy atom. The van der Waals surface area contributed by atoms with Crippen LogP contribution in [0.25, 0.3) is 11.3 Å². The minimum atomic E-state index is -0.476. The Hall–Kier alpha value is -3.52. The Bertz CT molecular complexity index is 1210. The zero-order chi connectivity index (χ0) is 25.7. The average molecular weight is 510 g/mol. The van der Waals surface area contributed by atoms with Crippen molar-refractivity contribution in [2.45, 2.75) is 13.8 Å². The molecule has 36 heavy (non-hydrogen) atoms. The van der Waals surface area contributed by atoms with Gasteiger partial charge >= 0.3 is 0 Å². The number of halogens is 2. The van der Waals surface area contributed by atoms with Crippen molar-refractivity contribution in [2.75, 3.05) is 44.2 Å². The van der Waals surface area contributed by atoms with Crippen LogP contribution in [0, 0.1) is 11.7 Å². The number of piperazine rings is 1. The third-order valence-electron chi connectivity index (χ3n) is 6.03. The van der Waals surface area contributed by atoms with Crippen molar-refractivity contribution in [3.8, 4) is 11.3 Å². The Balaban J connectivity index is 1.36. The normalized spacial score (nSPS) is 13.7. The molecular formula is C27H29ClFN5O2. The first-order valence-electron chi connectivity index (χ1n) is 12.0. The van der Waals surface area contributed by atoms with Gasteiger partial charge in [0.05, 0.1) is 10.7 Å². The van der Waals surface area contributed by atoms with E-state index in [0.717, 1.165) is 11.4 Å². The minimum absolute atomic E-state index is 0.0418. The number of anilines is 1. The van der Waals surface area contributed by atoms with E-state index in [4.69, 9.17) is 11.6 Å². The molecule has 0 bridgehead atoms. The van der Waals surface area contributed by atoms with Gasteiger partial charge in [0.2, 0.25) is 5.91 Å². The van der Waals surface area contributed by atoms with E-state index in [0.29, 0.717) is 43.4 Å². The smallest absolute Gasteiger partial charge is 0.254 e. The zero-order valence-electron chi connectivity index (χ0n) is 20.4. The van der Waals surface area contributed by atoms with Gasteiger partial charge < -0.3 is 14.7 Å². The highest BCUT2D eigenvalue weighted by Gasteiger charge is 2.26. The number of carbonyl (C=O) groups excluding carboxylic acids is 2.